The van der Waals surface area contributed by atoms with E-state index in [2.05, 4.69) is 20.0 Å². The number of aromatic nitrogens is 2. The molecule has 0 saturated heterocycles. The maximum absolute atomic E-state index is 12.3. The molecule has 27 heavy (non-hydrogen) atoms. The Labute approximate surface area is 153 Å². The number of pyridine rings is 2. The summed E-state index contributed by atoms with van der Waals surface area (Å²) in [5, 5.41) is 2.73. The zero-order valence-electron chi connectivity index (χ0n) is 14.7. The molecule has 2 aromatic heterocycles. The van der Waals surface area contributed by atoms with E-state index >= 15 is 0 Å². The van der Waals surface area contributed by atoms with E-state index in [1.54, 1.807) is 25.3 Å². The SMILES string of the molecule is CC(=O)Cc1cc(C(C)NC(=O)c2ccc(OCC(F)(F)F)cn2)ccn1. The van der Waals surface area contributed by atoms with E-state index in [1.165, 1.54) is 19.1 Å². The van der Waals surface area contributed by atoms with Gasteiger partial charge in [-0.3, -0.25) is 14.6 Å². The van der Waals surface area contributed by atoms with E-state index in [-0.39, 0.29) is 29.7 Å². The number of hydrogen-bond donors (Lipinski definition) is 1. The Morgan fingerprint density at radius 1 is 1.22 bits per heavy atom. The molecule has 0 radical (unpaired) electrons. The number of halogens is 3. The number of carbonyl (C=O) groups excluding carboxylic acids is 2. The van der Waals surface area contributed by atoms with Crippen molar-refractivity contribution in [3.63, 3.8) is 0 Å². The van der Waals surface area contributed by atoms with Crippen molar-refractivity contribution in [1.82, 2.24) is 15.3 Å². The third-order valence-corrected chi connectivity index (χ3v) is 3.49. The van der Waals surface area contributed by atoms with Crippen LogP contribution in [-0.4, -0.2) is 34.4 Å². The fraction of sp³-hybridized carbons (Fsp3) is 0.333. The lowest BCUT2D eigenvalue weighted by Crippen LogP contribution is -2.27. The van der Waals surface area contributed by atoms with Gasteiger partial charge >= 0.3 is 6.18 Å². The highest BCUT2D eigenvalue weighted by Crippen LogP contribution is 2.18. The van der Waals surface area contributed by atoms with Crippen molar-refractivity contribution >= 4 is 11.7 Å². The van der Waals surface area contributed by atoms with Gasteiger partial charge in [-0.25, -0.2) is 4.98 Å². The number of nitrogens with one attached hydrogen (secondary N) is 1. The number of carbonyl (C=O) groups is 2. The summed E-state index contributed by atoms with van der Waals surface area (Å²) < 4.78 is 40.9. The first kappa shape index (κ1) is 20.3. The van der Waals surface area contributed by atoms with E-state index in [4.69, 9.17) is 0 Å². The van der Waals surface area contributed by atoms with Gasteiger partial charge in [0.2, 0.25) is 0 Å². The average Bonchev–Trinajstić information content (AvgIpc) is 2.59. The summed E-state index contributed by atoms with van der Waals surface area (Å²) in [7, 11) is 0. The van der Waals surface area contributed by atoms with E-state index in [1.807, 2.05) is 0 Å². The highest BCUT2D eigenvalue weighted by atomic mass is 19.4. The molecule has 0 saturated carbocycles. The largest absolute Gasteiger partial charge is 0.483 e. The normalized spacial score (nSPS) is 12.3. The molecular weight excluding hydrogens is 363 g/mol. The molecule has 1 atom stereocenters. The third kappa shape index (κ3) is 6.69. The molecule has 2 rings (SSSR count). The Morgan fingerprint density at radius 2 is 1.96 bits per heavy atom. The van der Waals surface area contributed by atoms with Gasteiger partial charge in [-0.05, 0) is 43.7 Å². The predicted molar refractivity (Wildman–Crippen MR) is 90.3 cm³/mol. The Hall–Kier alpha value is -2.97. The van der Waals surface area contributed by atoms with E-state index in [0.717, 1.165) is 11.8 Å². The minimum Gasteiger partial charge on any atom is -0.483 e. The van der Waals surface area contributed by atoms with E-state index in [0.29, 0.717) is 5.69 Å². The molecule has 1 unspecified atom stereocenters. The maximum atomic E-state index is 12.3. The number of ether oxygens (including phenoxy) is 1. The lowest BCUT2D eigenvalue weighted by molar-refractivity contribution is -0.153. The van der Waals surface area contributed by atoms with Crippen molar-refractivity contribution in [2.75, 3.05) is 6.61 Å². The van der Waals surface area contributed by atoms with Gasteiger partial charge in [-0.15, -0.1) is 0 Å². The molecule has 2 aromatic rings. The molecule has 2 heterocycles. The van der Waals surface area contributed by atoms with Gasteiger partial charge in [-0.1, -0.05) is 0 Å². The van der Waals surface area contributed by atoms with Crippen LogP contribution in [0.2, 0.25) is 0 Å². The van der Waals surface area contributed by atoms with Crippen LogP contribution in [0, 0.1) is 0 Å². The molecule has 144 valence electrons. The van der Waals surface area contributed by atoms with Crippen LogP contribution in [0.15, 0.2) is 36.7 Å². The predicted octanol–water partition coefficient (Wildman–Crippen LogP) is 3.04. The van der Waals surface area contributed by atoms with Gasteiger partial charge in [-0.2, -0.15) is 13.2 Å². The Bertz CT molecular complexity index is 807. The van der Waals surface area contributed by atoms with Crippen molar-refractivity contribution in [3.05, 3.63) is 53.6 Å². The summed E-state index contributed by atoms with van der Waals surface area (Å²) in [4.78, 5) is 31.4. The molecule has 0 fully saturated rings. The van der Waals surface area contributed by atoms with Gasteiger partial charge in [0.1, 0.15) is 17.2 Å². The molecule has 1 N–H and O–H groups in total. The van der Waals surface area contributed by atoms with Crippen LogP contribution in [0.25, 0.3) is 0 Å². The summed E-state index contributed by atoms with van der Waals surface area (Å²) in [5.41, 5.74) is 1.41. The second kappa shape index (κ2) is 8.61. The highest BCUT2D eigenvalue weighted by Gasteiger charge is 2.28. The molecule has 0 aromatic carbocycles. The summed E-state index contributed by atoms with van der Waals surface area (Å²) >= 11 is 0. The standard InChI is InChI=1S/C18H18F3N3O3/c1-11(25)7-14-8-13(5-6-22-14)12(2)24-17(26)16-4-3-15(9-23-16)27-10-18(19,20)21/h3-6,8-9,12H,7,10H2,1-2H3,(H,24,26). The number of nitrogens with zero attached hydrogens (tertiary/aromatic N) is 2. The minimum atomic E-state index is -4.45. The van der Waals surface area contributed by atoms with Crippen LogP contribution in [-0.2, 0) is 11.2 Å². The Kier molecular flexibility index (Phi) is 6.49. The second-order valence-electron chi connectivity index (χ2n) is 5.94. The summed E-state index contributed by atoms with van der Waals surface area (Å²) in [6.45, 7) is 1.79. The van der Waals surface area contributed by atoms with Gasteiger partial charge in [0, 0.05) is 18.3 Å². The average molecular weight is 381 g/mol. The van der Waals surface area contributed by atoms with E-state index < -0.39 is 18.7 Å². The van der Waals surface area contributed by atoms with Crippen LogP contribution >= 0.6 is 0 Å². The number of hydrogen-bond acceptors (Lipinski definition) is 5. The topological polar surface area (TPSA) is 81.2 Å². The van der Waals surface area contributed by atoms with Crippen molar-refractivity contribution in [3.8, 4) is 5.75 Å². The first-order valence-corrected chi connectivity index (χ1v) is 8.05. The number of Topliss-reactive ketones (excluding diaryl/α,β-unsaturated/α-hetero) is 1. The summed E-state index contributed by atoms with van der Waals surface area (Å²) in [6.07, 6.45) is -1.63. The Morgan fingerprint density at radius 3 is 2.56 bits per heavy atom. The van der Waals surface area contributed by atoms with Gasteiger partial charge in [0.15, 0.2) is 6.61 Å². The molecule has 0 bridgehead atoms. The van der Waals surface area contributed by atoms with Gasteiger partial charge in [0.05, 0.1) is 12.2 Å². The molecule has 9 heteroatoms. The van der Waals surface area contributed by atoms with E-state index in [9.17, 15) is 22.8 Å². The number of amides is 1. The number of ketones is 1. The fourth-order valence-electron chi connectivity index (χ4n) is 2.24. The molecular formula is C18H18F3N3O3. The van der Waals surface area contributed by atoms with Crippen molar-refractivity contribution in [1.29, 1.82) is 0 Å². The summed E-state index contributed by atoms with van der Waals surface area (Å²) in [6, 6.07) is 5.59. The number of rotatable bonds is 7. The van der Waals surface area contributed by atoms with Crippen LogP contribution < -0.4 is 10.1 Å². The van der Waals surface area contributed by atoms with Crippen molar-refractivity contribution in [2.45, 2.75) is 32.5 Å². The molecule has 1 amide bonds. The monoisotopic (exact) mass is 381 g/mol. The zero-order chi connectivity index (χ0) is 20.0. The fourth-order valence-corrected chi connectivity index (χ4v) is 2.24. The first-order valence-electron chi connectivity index (χ1n) is 8.05. The first-order chi connectivity index (χ1) is 12.6. The third-order valence-electron chi connectivity index (χ3n) is 3.49. The van der Waals surface area contributed by atoms with Crippen LogP contribution in [0.4, 0.5) is 13.2 Å². The molecule has 6 nitrogen and oxygen atoms in total. The lowest BCUT2D eigenvalue weighted by atomic mass is 10.1. The van der Waals surface area contributed by atoms with Crippen molar-refractivity contribution < 1.29 is 27.5 Å². The van der Waals surface area contributed by atoms with Crippen molar-refractivity contribution in [2.24, 2.45) is 0 Å². The van der Waals surface area contributed by atoms with Gasteiger partial charge in [0.25, 0.3) is 5.91 Å². The van der Waals surface area contributed by atoms with Crippen LogP contribution in [0.5, 0.6) is 5.75 Å². The quantitative estimate of drug-likeness (QED) is 0.797. The molecule has 0 aliphatic heterocycles. The summed E-state index contributed by atoms with van der Waals surface area (Å²) in [5.74, 6) is -0.594. The smallest absolute Gasteiger partial charge is 0.422 e. The lowest BCUT2D eigenvalue weighted by Gasteiger charge is -2.15. The Balaban J connectivity index is 1.99. The molecule has 0 aliphatic carbocycles. The molecule has 0 aliphatic rings. The second-order valence-corrected chi connectivity index (χ2v) is 5.94. The van der Waals surface area contributed by atoms with Crippen LogP contribution in [0.1, 0.15) is 41.6 Å². The maximum Gasteiger partial charge on any atom is 0.422 e. The number of alkyl halides is 3. The van der Waals surface area contributed by atoms with Crippen LogP contribution in [0.3, 0.4) is 0 Å². The van der Waals surface area contributed by atoms with Gasteiger partial charge < -0.3 is 10.1 Å². The zero-order valence-corrected chi connectivity index (χ0v) is 14.7. The highest BCUT2D eigenvalue weighted by molar-refractivity contribution is 5.92. The minimum absolute atomic E-state index is 0.0200. The molecule has 0 spiro atoms.